The first-order chi connectivity index (χ1) is 7.97. The van der Waals surface area contributed by atoms with E-state index in [1.54, 1.807) is 6.92 Å². The van der Waals surface area contributed by atoms with Crippen molar-refractivity contribution in [2.75, 3.05) is 0 Å². The molecule has 3 N–H and O–H groups in total. The summed E-state index contributed by atoms with van der Waals surface area (Å²) in [6, 6.07) is -0.285. The molecule has 0 aliphatic carbocycles. The maximum Gasteiger partial charge on any atom is 0.404 e. The Bertz CT molecular complexity index is 259. The van der Waals surface area contributed by atoms with Crippen LogP contribution in [-0.4, -0.2) is 34.2 Å². The van der Waals surface area contributed by atoms with Crippen molar-refractivity contribution >= 4 is 6.09 Å². The number of carboxylic acid groups (broad SMARTS) is 1. The molecule has 0 radical (unpaired) electrons. The molecule has 5 nitrogen and oxygen atoms in total. The van der Waals surface area contributed by atoms with E-state index < -0.39 is 11.9 Å². The molecule has 0 bridgehead atoms. The topological polar surface area (TPSA) is 78.8 Å². The van der Waals surface area contributed by atoms with Crippen LogP contribution in [0.15, 0.2) is 0 Å². The zero-order valence-electron chi connectivity index (χ0n) is 10.6. The SMILES string of the molecule is CCCCCC1(O)CC[C@@H]([C@H](C)NC(=O)O)O1. The van der Waals surface area contributed by atoms with Crippen LogP contribution in [0.4, 0.5) is 4.79 Å². The lowest BCUT2D eigenvalue weighted by atomic mass is 10.0. The Kier molecular flexibility index (Phi) is 5.21. The van der Waals surface area contributed by atoms with E-state index >= 15 is 0 Å². The van der Waals surface area contributed by atoms with E-state index in [2.05, 4.69) is 12.2 Å². The minimum absolute atomic E-state index is 0.224. The minimum Gasteiger partial charge on any atom is -0.465 e. The highest BCUT2D eigenvalue weighted by molar-refractivity contribution is 5.64. The molecule has 0 saturated carbocycles. The fourth-order valence-corrected chi connectivity index (χ4v) is 2.24. The molecule has 1 unspecified atom stereocenters. The predicted octanol–water partition coefficient (Wildman–Crippen LogP) is 2.09. The van der Waals surface area contributed by atoms with E-state index in [4.69, 9.17) is 9.84 Å². The first kappa shape index (κ1) is 14.3. The van der Waals surface area contributed by atoms with Gasteiger partial charge in [-0.1, -0.05) is 19.8 Å². The molecule has 0 aromatic carbocycles. The quantitative estimate of drug-likeness (QED) is 0.626. The van der Waals surface area contributed by atoms with E-state index in [1.807, 2.05) is 0 Å². The molecular weight excluding hydrogens is 222 g/mol. The molecular formula is C12H23NO4. The molecule has 17 heavy (non-hydrogen) atoms. The molecule has 1 fully saturated rings. The third-order valence-corrected chi connectivity index (χ3v) is 3.27. The summed E-state index contributed by atoms with van der Waals surface area (Å²) in [4.78, 5) is 10.5. The lowest BCUT2D eigenvalue weighted by Gasteiger charge is -2.25. The fraction of sp³-hybridized carbons (Fsp3) is 0.917. The Labute approximate surface area is 102 Å². The molecule has 0 aromatic heterocycles. The monoisotopic (exact) mass is 245 g/mol. The minimum atomic E-state index is -1.05. The lowest BCUT2D eigenvalue weighted by molar-refractivity contribution is -0.200. The van der Waals surface area contributed by atoms with Crippen LogP contribution in [0.5, 0.6) is 0 Å². The third kappa shape index (κ3) is 4.52. The summed E-state index contributed by atoms with van der Waals surface area (Å²) >= 11 is 0. The van der Waals surface area contributed by atoms with E-state index in [1.165, 1.54) is 0 Å². The van der Waals surface area contributed by atoms with Crippen LogP contribution in [0.25, 0.3) is 0 Å². The average Bonchev–Trinajstić information content (AvgIpc) is 2.61. The number of unbranched alkanes of at least 4 members (excludes halogenated alkanes) is 2. The summed E-state index contributed by atoms with van der Waals surface area (Å²) in [6.07, 6.45) is 3.78. The largest absolute Gasteiger partial charge is 0.465 e. The summed E-state index contributed by atoms with van der Waals surface area (Å²) in [5.41, 5.74) is 0. The molecule has 1 aliphatic heterocycles. The summed E-state index contributed by atoms with van der Waals surface area (Å²) in [5.74, 6) is -1.05. The van der Waals surface area contributed by atoms with Crippen LogP contribution in [0.2, 0.25) is 0 Å². The Morgan fingerprint density at radius 1 is 1.59 bits per heavy atom. The van der Waals surface area contributed by atoms with Gasteiger partial charge in [-0.3, -0.25) is 0 Å². The number of rotatable bonds is 6. The number of hydrogen-bond acceptors (Lipinski definition) is 3. The molecule has 1 saturated heterocycles. The van der Waals surface area contributed by atoms with Crippen LogP contribution in [-0.2, 0) is 4.74 Å². The molecule has 1 heterocycles. The van der Waals surface area contributed by atoms with Gasteiger partial charge >= 0.3 is 6.09 Å². The van der Waals surface area contributed by atoms with Gasteiger partial charge in [-0.15, -0.1) is 0 Å². The number of ether oxygens (including phenoxy) is 1. The van der Waals surface area contributed by atoms with Crippen LogP contribution in [0, 0.1) is 0 Å². The number of nitrogens with one attached hydrogen (secondary N) is 1. The first-order valence-corrected chi connectivity index (χ1v) is 6.36. The van der Waals surface area contributed by atoms with Crippen LogP contribution in [0.1, 0.15) is 52.4 Å². The van der Waals surface area contributed by atoms with E-state index in [-0.39, 0.29) is 12.1 Å². The van der Waals surface area contributed by atoms with Crippen LogP contribution in [0.3, 0.4) is 0 Å². The second kappa shape index (κ2) is 6.21. The summed E-state index contributed by atoms with van der Waals surface area (Å²) < 4.78 is 5.59. The number of amides is 1. The number of hydrogen-bond donors (Lipinski definition) is 3. The molecule has 1 aliphatic rings. The van der Waals surface area contributed by atoms with E-state index in [9.17, 15) is 9.90 Å². The Balaban J connectivity index is 2.37. The Hall–Kier alpha value is -0.810. The predicted molar refractivity (Wildman–Crippen MR) is 63.8 cm³/mol. The van der Waals surface area contributed by atoms with Gasteiger partial charge < -0.3 is 20.3 Å². The smallest absolute Gasteiger partial charge is 0.404 e. The highest BCUT2D eigenvalue weighted by Crippen LogP contribution is 2.33. The van der Waals surface area contributed by atoms with Gasteiger partial charge in [-0.05, 0) is 19.8 Å². The van der Waals surface area contributed by atoms with Crippen molar-refractivity contribution in [3.8, 4) is 0 Å². The highest BCUT2D eigenvalue weighted by atomic mass is 16.6. The van der Waals surface area contributed by atoms with Crippen molar-refractivity contribution < 1.29 is 19.7 Å². The molecule has 5 heteroatoms. The molecule has 1 rings (SSSR count). The Morgan fingerprint density at radius 3 is 2.88 bits per heavy atom. The zero-order chi connectivity index (χ0) is 12.9. The maximum atomic E-state index is 10.5. The first-order valence-electron chi connectivity index (χ1n) is 6.36. The molecule has 1 amide bonds. The van der Waals surface area contributed by atoms with E-state index in [0.717, 1.165) is 19.3 Å². The standard InChI is InChI=1S/C12H23NO4/c1-3-4-5-7-12(16)8-6-10(17-12)9(2)13-11(14)15/h9-10,13,16H,3-8H2,1-2H3,(H,14,15)/t9-,10-,12?/m0/s1. The Morgan fingerprint density at radius 2 is 2.29 bits per heavy atom. The van der Waals surface area contributed by atoms with Gasteiger partial charge in [0.1, 0.15) is 0 Å². The summed E-state index contributed by atoms with van der Waals surface area (Å²) in [7, 11) is 0. The van der Waals surface area contributed by atoms with Gasteiger partial charge in [0, 0.05) is 12.8 Å². The van der Waals surface area contributed by atoms with Gasteiger partial charge in [-0.25, -0.2) is 4.79 Å². The second-order valence-corrected chi connectivity index (χ2v) is 4.84. The number of aliphatic hydroxyl groups is 1. The van der Waals surface area contributed by atoms with Gasteiger partial charge in [0.2, 0.25) is 0 Å². The van der Waals surface area contributed by atoms with Crippen LogP contribution < -0.4 is 5.32 Å². The average molecular weight is 245 g/mol. The normalized spacial score (nSPS) is 30.2. The number of carbonyl (C=O) groups is 1. The summed E-state index contributed by atoms with van der Waals surface area (Å²) in [6.45, 7) is 3.87. The maximum absolute atomic E-state index is 10.5. The van der Waals surface area contributed by atoms with Gasteiger partial charge in [-0.2, -0.15) is 0 Å². The van der Waals surface area contributed by atoms with Crippen molar-refractivity contribution in [3.63, 3.8) is 0 Å². The molecule has 0 spiro atoms. The van der Waals surface area contributed by atoms with Crippen LogP contribution >= 0.6 is 0 Å². The van der Waals surface area contributed by atoms with Crippen molar-refractivity contribution in [1.82, 2.24) is 5.32 Å². The van der Waals surface area contributed by atoms with Crippen molar-refractivity contribution in [2.45, 2.75) is 70.3 Å². The summed E-state index contributed by atoms with van der Waals surface area (Å²) in [5, 5.41) is 21.2. The van der Waals surface area contributed by atoms with Crippen molar-refractivity contribution in [3.05, 3.63) is 0 Å². The van der Waals surface area contributed by atoms with Gasteiger partial charge in [0.25, 0.3) is 0 Å². The zero-order valence-corrected chi connectivity index (χ0v) is 10.6. The van der Waals surface area contributed by atoms with Gasteiger partial charge in [0.05, 0.1) is 12.1 Å². The molecule has 3 atom stereocenters. The third-order valence-electron chi connectivity index (χ3n) is 3.27. The van der Waals surface area contributed by atoms with Gasteiger partial charge in [0.15, 0.2) is 5.79 Å². The van der Waals surface area contributed by atoms with Crippen molar-refractivity contribution in [1.29, 1.82) is 0 Å². The van der Waals surface area contributed by atoms with Crippen molar-refractivity contribution in [2.24, 2.45) is 0 Å². The molecule has 0 aromatic rings. The highest BCUT2D eigenvalue weighted by Gasteiger charge is 2.40. The molecule has 100 valence electrons. The second-order valence-electron chi connectivity index (χ2n) is 4.84. The lowest BCUT2D eigenvalue weighted by Crippen LogP contribution is -2.42. The van der Waals surface area contributed by atoms with E-state index in [0.29, 0.717) is 19.3 Å². The fourth-order valence-electron chi connectivity index (χ4n) is 2.24.